The molecule has 7 heteroatoms. The van der Waals surface area contributed by atoms with Crippen LogP contribution in [-0.2, 0) is 14.3 Å². The van der Waals surface area contributed by atoms with Crippen LogP contribution in [0.3, 0.4) is 0 Å². The fraction of sp³-hybridized carbons (Fsp3) is 0.516. The average molecular weight is 524 g/mol. The SMILES string of the molecule is CCC(C)N(C(=O)C(NC(=O)OC(C)(C)C)C(C)C)C(C(=O)Nc1c(C)cccc1C)c1cccc(C)c1. The number of hydrogen-bond acceptors (Lipinski definition) is 4. The monoisotopic (exact) mass is 523 g/mol. The Morgan fingerprint density at radius 1 is 0.947 bits per heavy atom. The number of nitrogens with zero attached hydrogens (tertiary/aromatic N) is 1. The largest absolute Gasteiger partial charge is 0.444 e. The maximum atomic E-state index is 14.3. The summed E-state index contributed by atoms with van der Waals surface area (Å²) in [5.74, 6) is -0.869. The second kappa shape index (κ2) is 12.9. The molecule has 0 aliphatic heterocycles. The molecule has 0 radical (unpaired) electrons. The Hall–Kier alpha value is -3.35. The van der Waals surface area contributed by atoms with Gasteiger partial charge in [0.05, 0.1) is 0 Å². The predicted molar refractivity (Wildman–Crippen MR) is 153 cm³/mol. The highest BCUT2D eigenvalue weighted by Gasteiger charge is 2.39. The van der Waals surface area contributed by atoms with E-state index < -0.39 is 23.8 Å². The van der Waals surface area contributed by atoms with Crippen LogP contribution in [0, 0.1) is 26.7 Å². The van der Waals surface area contributed by atoms with Crippen molar-refractivity contribution >= 4 is 23.6 Å². The first kappa shape index (κ1) is 30.9. The van der Waals surface area contributed by atoms with Gasteiger partial charge in [0.2, 0.25) is 5.91 Å². The minimum absolute atomic E-state index is 0.235. The van der Waals surface area contributed by atoms with Gasteiger partial charge in [0.1, 0.15) is 17.7 Å². The third kappa shape index (κ3) is 8.07. The summed E-state index contributed by atoms with van der Waals surface area (Å²) in [4.78, 5) is 42.6. The minimum atomic E-state index is -0.905. The van der Waals surface area contributed by atoms with Crippen LogP contribution in [0.5, 0.6) is 0 Å². The number of carbonyl (C=O) groups excluding carboxylic acids is 3. The molecule has 0 fully saturated rings. The number of anilines is 1. The summed E-state index contributed by atoms with van der Waals surface area (Å²) in [6.07, 6.45) is -0.0390. The Kier molecular flexibility index (Phi) is 10.5. The topological polar surface area (TPSA) is 87.7 Å². The Labute approximate surface area is 228 Å². The van der Waals surface area contributed by atoms with E-state index in [9.17, 15) is 14.4 Å². The van der Waals surface area contributed by atoms with E-state index in [1.54, 1.807) is 25.7 Å². The van der Waals surface area contributed by atoms with Crippen LogP contribution in [0.4, 0.5) is 10.5 Å². The molecule has 3 unspecified atom stereocenters. The van der Waals surface area contributed by atoms with Gasteiger partial charge >= 0.3 is 6.09 Å². The van der Waals surface area contributed by atoms with Crippen LogP contribution in [0.2, 0.25) is 0 Å². The van der Waals surface area contributed by atoms with Gasteiger partial charge in [-0.05, 0) is 77.5 Å². The Balaban J connectivity index is 2.60. The van der Waals surface area contributed by atoms with Gasteiger partial charge in [0.15, 0.2) is 0 Å². The van der Waals surface area contributed by atoms with E-state index in [1.807, 2.05) is 90.9 Å². The fourth-order valence-electron chi connectivity index (χ4n) is 4.39. The van der Waals surface area contributed by atoms with Gasteiger partial charge in [0, 0.05) is 11.7 Å². The molecule has 0 heterocycles. The lowest BCUT2D eigenvalue weighted by Crippen LogP contribution is -2.56. The molecule has 0 saturated carbocycles. The Morgan fingerprint density at radius 3 is 2.03 bits per heavy atom. The molecule has 0 saturated heterocycles. The number of hydrogen-bond donors (Lipinski definition) is 2. The second-order valence-electron chi connectivity index (χ2n) is 11.4. The molecule has 208 valence electrons. The summed E-state index contributed by atoms with van der Waals surface area (Å²) in [6.45, 7) is 18.8. The maximum absolute atomic E-state index is 14.3. The summed E-state index contributed by atoms with van der Waals surface area (Å²) in [5.41, 5.74) is 3.60. The van der Waals surface area contributed by atoms with Crippen LogP contribution in [-0.4, -0.2) is 40.5 Å². The first-order chi connectivity index (χ1) is 17.7. The van der Waals surface area contributed by atoms with Gasteiger partial charge in [-0.2, -0.15) is 0 Å². The first-order valence-electron chi connectivity index (χ1n) is 13.4. The molecular formula is C31H45N3O4. The zero-order valence-corrected chi connectivity index (χ0v) is 24.6. The number of amides is 3. The van der Waals surface area contributed by atoms with E-state index >= 15 is 0 Å². The standard InChI is InChI=1S/C31H45N3O4/c1-11-23(7)34(29(36)25(19(2)3)33-30(37)38-31(8,9)10)27(24-17-12-14-20(4)18-24)28(35)32-26-21(5)15-13-16-22(26)6/h12-19,23,25,27H,11H2,1-10H3,(H,32,35)(H,33,37). The molecule has 7 nitrogen and oxygen atoms in total. The van der Waals surface area contributed by atoms with E-state index in [-0.39, 0.29) is 23.8 Å². The second-order valence-corrected chi connectivity index (χ2v) is 11.4. The van der Waals surface area contributed by atoms with E-state index in [0.717, 1.165) is 22.4 Å². The lowest BCUT2D eigenvalue weighted by Gasteiger charge is -2.39. The van der Waals surface area contributed by atoms with Crippen molar-refractivity contribution in [2.24, 2.45) is 5.92 Å². The van der Waals surface area contributed by atoms with Crippen LogP contribution in [0.1, 0.15) is 83.2 Å². The van der Waals surface area contributed by atoms with Gasteiger partial charge in [-0.3, -0.25) is 9.59 Å². The molecule has 3 atom stereocenters. The van der Waals surface area contributed by atoms with Gasteiger partial charge in [-0.15, -0.1) is 0 Å². The molecule has 2 rings (SSSR count). The number of carbonyl (C=O) groups is 3. The molecule has 38 heavy (non-hydrogen) atoms. The van der Waals surface area contributed by atoms with E-state index in [4.69, 9.17) is 4.74 Å². The van der Waals surface area contributed by atoms with Crippen LogP contribution < -0.4 is 10.6 Å². The zero-order valence-electron chi connectivity index (χ0n) is 24.6. The van der Waals surface area contributed by atoms with Crippen molar-refractivity contribution < 1.29 is 19.1 Å². The predicted octanol–water partition coefficient (Wildman–Crippen LogP) is 6.47. The zero-order chi connectivity index (χ0) is 28.8. The van der Waals surface area contributed by atoms with Gasteiger partial charge in [-0.25, -0.2) is 4.79 Å². The average Bonchev–Trinajstić information content (AvgIpc) is 2.81. The van der Waals surface area contributed by atoms with Crippen molar-refractivity contribution in [1.82, 2.24) is 10.2 Å². The number of alkyl carbamates (subject to hydrolysis) is 1. The van der Waals surface area contributed by atoms with Crippen LogP contribution in [0.25, 0.3) is 0 Å². The summed E-state index contributed by atoms with van der Waals surface area (Å²) in [5, 5.41) is 5.88. The fourth-order valence-corrected chi connectivity index (χ4v) is 4.39. The third-order valence-electron chi connectivity index (χ3n) is 6.54. The van der Waals surface area contributed by atoms with Crippen molar-refractivity contribution in [3.05, 3.63) is 64.7 Å². The molecule has 2 aromatic rings. The van der Waals surface area contributed by atoms with Crippen molar-refractivity contribution in [1.29, 1.82) is 0 Å². The smallest absolute Gasteiger partial charge is 0.408 e. The first-order valence-corrected chi connectivity index (χ1v) is 13.4. The number of para-hydroxylation sites is 1. The Morgan fingerprint density at radius 2 is 1.53 bits per heavy atom. The number of nitrogens with one attached hydrogen (secondary N) is 2. The van der Waals surface area contributed by atoms with Gasteiger partial charge in [-0.1, -0.05) is 68.8 Å². The molecule has 0 aromatic heterocycles. The molecule has 0 aliphatic rings. The highest BCUT2D eigenvalue weighted by atomic mass is 16.6. The highest BCUT2D eigenvalue weighted by molar-refractivity contribution is 6.00. The number of ether oxygens (including phenoxy) is 1. The molecule has 3 amide bonds. The summed E-state index contributed by atoms with van der Waals surface area (Å²) >= 11 is 0. The van der Waals surface area contributed by atoms with Crippen molar-refractivity contribution in [3.8, 4) is 0 Å². The summed E-state index contributed by atoms with van der Waals surface area (Å²) < 4.78 is 5.45. The molecule has 0 bridgehead atoms. The maximum Gasteiger partial charge on any atom is 0.408 e. The number of rotatable bonds is 9. The Bertz CT molecular complexity index is 1120. The summed E-state index contributed by atoms with van der Waals surface area (Å²) in [6, 6.07) is 11.4. The van der Waals surface area contributed by atoms with Crippen molar-refractivity contribution in [3.63, 3.8) is 0 Å². The number of benzene rings is 2. The lowest BCUT2D eigenvalue weighted by molar-refractivity contribution is -0.144. The van der Waals surface area contributed by atoms with Crippen molar-refractivity contribution in [2.75, 3.05) is 5.32 Å². The molecule has 2 N–H and O–H groups in total. The van der Waals surface area contributed by atoms with E-state index in [2.05, 4.69) is 10.6 Å². The summed E-state index contributed by atoms with van der Waals surface area (Å²) in [7, 11) is 0. The molecule has 2 aromatic carbocycles. The van der Waals surface area contributed by atoms with Crippen LogP contribution >= 0.6 is 0 Å². The molecule has 0 aliphatic carbocycles. The third-order valence-corrected chi connectivity index (χ3v) is 6.54. The van der Waals surface area contributed by atoms with Gasteiger partial charge < -0.3 is 20.3 Å². The number of aryl methyl sites for hydroxylation is 3. The lowest BCUT2D eigenvalue weighted by atomic mass is 9.95. The van der Waals surface area contributed by atoms with Gasteiger partial charge in [0.25, 0.3) is 5.91 Å². The highest BCUT2D eigenvalue weighted by Crippen LogP contribution is 2.30. The van der Waals surface area contributed by atoms with E-state index in [1.165, 1.54) is 0 Å². The van der Waals surface area contributed by atoms with Crippen molar-refractivity contribution in [2.45, 2.75) is 99.4 Å². The molecule has 0 spiro atoms. The normalized spacial score (nSPS) is 13.9. The molecular weight excluding hydrogens is 478 g/mol. The van der Waals surface area contributed by atoms with Crippen LogP contribution in [0.15, 0.2) is 42.5 Å². The quantitative estimate of drug-likeness (QED) is 0.394. The van der Waals surface area contributed by atoms with E-state index in [0.29, 0.717) is 12.0 Å². The minimum Gasteiger partial charge on any atom is -0.444 e.